The van der Waals surface area contributed by atoms with Gasteiger partial charge in [0.05, 0.1) is 5.02 Å². The Balaban J connectivity index is 2.23. The van der Waals surface area contributed by atoms with Crippen LogP contribution in [0.3, 0.4) is 0 Å². The Labute approximate surface area is 104 Å². The lowest BCUT2D eigenvalue weighted by Gasteiger charge is -2.07. The highest BCUT2D eigenvalue weighted by Gasteiger charge is 2.03. The molecule has 0 saturated heterocycles. The molecule has 0 aliphatic rings. The molecule has 0 aliphatic heterocycles. The lowest BCUT2D eigenvalue weighted by Crippen LogP contribution is -1.88. The SMILES string of the molecule is Nc1ccc(Oc2ccc(Cl)cc2)c(Cl)c1. The highest BCUT2D eigenvalue weighted by molar-refractivity contribution is 6.32. The zero-order valence-corrected chi connectivity index (χ0v) is 9.79. The van der Waals surface area contributed by atoms with Crippen LogP contribution in [0.1, 0.15) is 0 Å². The smallest absolute Gasteiger partial charge is 0.146 e. The van der Waals surface area contributed by atoms with Crippen molar-refractivity contribution in [3.63, 3.8) is 0 Å². The van der Waals surface area contributed by atoms with Crippen molar-refractivity contribution in [2.45, 2.75) is 0 Å². The minimum atomic E-state index is 0.481. The molecule has 4 heteroatoms. The molecule has 0 fully saturated rings. The number of halogens is 2. The van der Waals surface area contributed by atoms with Crippen LogP contribution in [0.4, 0.5) is 5.69 Å². The van der Waals surface area contributed by atoms with Crippen molar-refractivity contribution in [3.05, 3.63) is 52.5 Å². The summed E-state index contributed by atoms with van der Waals surface area (Å²) in [4.78, 5) is 0. The Morgan fingerprint density at radius 2 is 1.62 bits per heavy atom. The molecule has 2 aromatic carbocycles. The summed E-state index contributed by atoms with van der Waals surface area (Å²) in [5.41, 5.74) is 6.19. The van der Waals surface area contributed by atoms with E-state index in [2.05, 4.69) is 0 Å². The summed E-state index contributed by atoms with van der Waals surface area (Å²) in [6.45, 7) is 0. The standard InChI is InChI=1S/C12H9Cl2NO/c13-8-1-4-10(5-2-8)16-12-6-3-9(15)7-11(12)14/h1-7H,15H2. The van der Waals surface area contributed by atoms with Crippen LogP contribution in [0.2, 0.25) is 10.0 Å². The lowest BCUT2D eigenvalue weighted by atomic mass is 10.3. The van der Waals surface area contributed by atoms with Gasteiger partial charge < -0.3 is 10.5 Å². The van der Waals surface area contributed by atoms with Gasteiger partial charge in [0, 0.05) is 10.7 Å². The Kier molecular flexibility index (Phi) is 3.22. The van der Waals surface area contributed by atoms with E-state index in [9.17, 15) is 0 Å². The zero-order valence-electron chi connectivity index (χ0n) is 8.28. The summed E-state index contributed by atoms with van der Waals surface area (Å²) >= 11 is 11.7. The van der Waals surface area contributed by atoms with Gasteiger partial charge in [-0.05, 0) is 42.5 Å². The van der Waals surface area contributed by atoms with Gasteiger partial charge in [0.25, 0.3) is 0 Å². The van der Waals surface area contributed by atoms with E-state index < -0.39 is 0 Å². The first-order valence-corrected chi connectivity index (χ1v) is 5.39. The van der Waals surface area contributed by atoms with Crippen molar-refractivity contribution in [3.8, 4) is 11.5 Å². The van der Waals surface area contributed by atoms with E-state index in [1.807, 2.05) is 0 Å². The molecule has 0 unspecified atom stereocenters. The van der Waals surface area contributed by atoms with Gasteiger partial charge in [0.2, 0.25) is 0 Å². The van der Waals surface area contributed by atoms with Crippen molar-refractivity contribution in [1.82, 2.24) is 0 Å². The van der Waals surface area contributed by atoms with Gasteiger partial charge in [0.15, 0.2) is 0 Å². The van der Waals surface area contributed by atoms with E-state index >= 15 is 0 Å². The molecule has 2 aromatic rings. The molecule has 0 bridgehead atoms. The molecular formula is C12H9Cl2NO. The third-order valence-electron chi connectivity index (χ3n) is 2.00. The number of ether oxygens (including phenoxy) is 1. The van der Waals surface area contributed by atoms with E-state index in [4.69, 9.17) is 33.7 Å². The van der Waals surface area contributed by atoms with Crippen molar-refractivity contribution < 1.29 is 4.74 Å². The first kappa shape index (κ1) is 11.1. The number of hydrogen-bond donors (Lipinski definition) is 1. The van der Waals surface area contributed by atoms with Gasteiger partial charge in [-0.2, -0.15) is 0 Å². The Hall–Kier alpha value is -1.38. The number of hydrogen-bond acceptors (Lipinski definition) is 2. The lowest BCUT2D eigenvalue weighted by molar-refractivity contribution is 0.483. The average molecular weight is 254 g/mol. The van der Waals surface area contributed by atoms with Crippen LogP contribution in [0.15, 0.2) is 42.5 Å². The van der Waals surface area contributed by atoms with Crippen LogP contribution >= 0.6 is 23.2 Å². The van der Waals surface area contributed by atoms with Crippen LogP contribution in [0.25, 0.3) is 0 Å². The zero-order chi connectivity index (χ0) is 11.5. The maximum absolute atomic E-state index is 5.98. The summed E-state index contributed by atoms with van der Waals surface area (Å²) in [6.07, 6.45) is 0. The molecule has 0 atom stereocenters. The third kappa shape index (κ3) is 2.60. The number of nitrogen functional groups attached to an aromatic ring is 1. The normalized spacial score (nSPS) is 10.1. The summed E-state index contributed by atoms with van der Waals surface area (Å²) in [5.74, 6) is 1.24. The third-order valence-corrected chi connectivity index (χ3v) is 2.54. The minimum absolute atomic E-state index is 0.481. The van der Waals surface area contributed by atoms with Gasteiger partial charge in [-0.25, -0.2) is 0 Å². The Bertz CT molecular complexity index is 497. The second kappa shape index (κ2) is 4.64. The Morgan fingerprint density at radius 1 is 0.938 bits per heavy atom. The van der Waals surface area contributed by atoms with Crippen molar-refractivity contribution in [2.75, 3.05) is 5.73 Å². The van der Waals surface area contributed by atoms with E-state index in [1.54, 1.807) is 42.5 Å². The fourth-order valence-corrected chi connectivity index (χ4v) is 1.58. The minimum Gasteiger partial charge on any atom is -0.456 e. The number of nitrogens with two attached hydrogens (primary N) is 1. The quantitative estimate of drug-likeness (QED) is 0.807. The number of anilines is 1. The Morgan fingerprint density at radius 3 is 2.25 bits per heavy atom. The average Bonchev–Trinajstić information content (AvgIpc) is 2.25. The molecule has 2 N–H and O–H groups in total. The van der Waals surface area contributed by atoms with Gasteiger partial charge in [-0.1, -0.05) is 23.2 Å². The molecule has 82 valence electrons. The molecule has 16 heavy (non-hydrogen) atoms. The predicted molar refractivity (Wildman–Crippen MR) is 67.4 cm³/mol. The fraction of sp³-hybridized carbons (Fsp3) is 0. The molecule has 2 rings (SSSR count). The van der Waals surface area contributed by atoms with Crippen LogP contribution in [-0.2, 0) is 0 Å². The van der Waals surface area contributed by atoms with Crippen molar-refractivity contribution >= 4 is 28.9 Å². The molecule has 0 aliphatic carbocycles. The number of rotatable bonds is 2. The van der Waals surface area contributed by atoms with Crippen molar-refractivity contribution in [1.29, 1.82) is 0 Å². The molecule has 0 aromatic heterocycles. The largest absolute Gasteiger partial charge is 0.456 e. The topological polar surface area (TPSA) is 35.2 Å². The second-order valence-corrected chi connectivity index (χ2v) is 4.09. The van der Waals surface area contributed by atoms with Crippen LogP contribution in [0.5, 0.6) is 11.5 Å². The maximum Gasteiger partial charge on any atom is 0.146 e. The predicted octanol–water partition coefficient (Wildman–Crippen LogP) is 4.37. The number of benzene rings is 2. The summed E-state index contributed by atoms with van der Waals surface area (Å²) in [6, 6.07) is 12.2. The first-order chi connectivity index (χ1) is 7.65. The summed E-state index contributed by atoms with van der Waals surface area (Å²) in [5, 5.41) is 1.14. The molecule has 2 nitrogen and oxygen atoms in total. The van der Waals surface area contributed by atoms with E-state index in [0.717, 1.165) is 0 Å². The fourth-order valence-electron chi connectivity index (χ4n) is 1.23. The molecule has 0 heterocycles. The van der Waals surface area contributed by atoms with Gasteiger partial charge in [0.1, 0.15) is 11.5 Å². The molecule has 0 saturated carbocycles. The van der Waals surface area contributed by atoms with Crippen LogP contribution in [0, 0.1) is 0 Å². The van der Waals surface area contributed by atoms with Crippen LogP contribution in [-0.4, -0.2) is 0 Å². The highest BCUT2D eigenvalue weighted by Crippen LogP contribution is 2.31. The molecule has 0 spiro atoms. The monoisotopic (exact) mass is 253 g/mol. The summed E-state index contributed by atoms with van der Waals surface area (Å²) in [7, 11) is 0. The van der Waals surface area contributed by atoms with Crippen LogP contribution < -0.4 is 10.5 Å². The van der Waals surface area contributed by atoms with Crippen molar-refractivity contribution in [2.24, 2.45) is 0 Å². The summed E-state index contributed by atoms with van der Waals surface area (Å²) < 4.78 is 5.57. The van der Waals surface area contributed by atoms with E-state index in [0.29, 0.717) is 27.2 Å². The second-order valence-electron chi connectivity index (χ2n) is 3.25. The van der Waals surface area contributed by atoms with E-state index in [1.165, 1.54) is 0 Å². The molecule has 0 radical (unpaired) electrons. The molecule has 0 amide bonds. The highest BCUT2D eigenvalue weighted by atomic mass is 35.5. The van der Waals surface area contributed by atoms with Gasteiger partial charge in [-0.15, -0.1) is 0 Å². The maximum atomic E-state index is 5.98. The first-order valence-electron chi connectivity index (χ1n) is 4.63. The van der Waals surface area contributed by atoms with E-state index in [-0.39, 0.29) is 0 Å². The van der Waals surface area contributed by atoms with Gasteiger partial charge in [-0.3, -0.25) is 0 Å². The van der Waals surface area contributed by atoms with Gasteiger partial charge >= 0.3 is 0 Å². The molecular weight excluding hydrogens is 245 g/mol.